The van der Waals surface area contributed by atoms with Crippen LogP contribution in [0.4, 0.5) is 0 Å². The van der Waals surface area contributed by atoms with E-state index in [2.05, 4.69) is 6.58 Å². The molecule has 0 aromatic heterocycles. The van der Waals surface area contributed by atoms with Gasteiger partial charge in [0.1, 0.15) is 0 Å². The average Bonchev–Trinajstić information content (AvgIpc) is 1.63. The third kappa shape index (κ3) is 3.73. The zero-order valence-corrected chi connectivity index (χ0v) is 5.29. The number of carboxylic acids is 1. The Balaban J connectivity index is 3.63. The van der Waals surface area contributed by atoms with Crippen molar-refractivity contribution < 1.29 is 15.0 Å². The van der Waals surface area contributed by atoms with Gasteiger partial charge in [0.25, 0.3) is 0 Å². The fraction of sp³-hybridized carbons (Fsp3) is 0.500. The highest BCUT2D eigenvalue weighted by molar-refractivity contribution is 5.67. The molecule has 0 rings (SSSR count). The Bertz CT molecular complexity index is 128. The maximum atomic E-state index is 9.91. The Kier molecular flexibility index (Phi) is 2.95. The molecule has 3 nitrogen and oxygen atoms in total. The SMILES string of the molecule is C=C(C)[C@H](O)CC(=O)O. The Labute approximate surface area is 53.6 Å². The molecule has 0 amide bonds. The van der Waals surface area contributed by atoms with E-state index < -0.39 is 12.1 Å². The first-order chi connectivity index (χ1) is 4.04. The molecule has 0 bridgehead atoms. The van der Waals surface area contributed by atoms with E-state index in [1.165, 1.54) is 0 Å². The standard InChI is InChI=1S/C6H10O3/c1-4(2)5(7)3-6(8)9/h5,7H,1,3H2,2H3,(H,8,9)/t5-/m1/s1. The summed E-state index contributed by atoms with van der Waals surface area (Å²) in [6.07, 6.45) is -1.16. The Morgan fingerprint density at radius 1 is 1.78 bits per heavy atom. The van der Waals surface area contributed by atoms with E-state index in [9.17, 15) is 4.79 Å². The largest absolute Gasteiger partial charge is 0.481 e. The Hall–Kier alpha value is -0.830. The lowest BCUT2D eigenvalue weighted by atomic mass is 10.1. The topological polar surface area (TPSA) is 57.5 Å². The van der Waals surface area contributed by atoms with Crippen LogP contribution < -0.4 is 0 Å². The average molecular weight is 130 g/mol. The number of hydrogen-bond donors (Lipinski definition) is 2. The van der Waals surface area contributed by atoms with Crippen LogP contribution >= 0.6 is 0 Å². The summed E-state index contributed by atoms with van der Waals surface area (Å²) in [5, 5.41) is 16.9. The fourth-order valence-corrected chi connectivity index (χ4v) is 0.340. The molecule has 0 heterocycles. The molecule has 9 heavy (non-hydrogen) atoms. The van der Waals surface area contributed by atoms with Crippen molar-refractivity contribution in [3.63, 3.8) is 0 Å². The lowest BCUT2D eigenvalue weighted by molar-refractivity contribution is -0.138. The smallest absolute Gasteiger partial charge is 0.306 e. The highest BCUT2D eigenvalue weighted by Crippen LogP contribution is 2.01. The maximum Gasteiger partial charge on any atom is 0.306 e. The van der Waals surface area contributed by atoms with E-state index in [1.807, 2.05) is 0 Å². The molecule has 2 N–H and O–H groups in total. The van der Waals surface area contributed by atoms with Crippen LogP contribution in [0.5, 0.6) is 0 Å². The molecule has 0 fully saturated rings. The van der Waals surface area contributed by atoms with Gasteiger partial charge in [0.05, 0.1) is 12.5 Å². The molecule has 0 saturated carbocycles. The van der Waals surface area contributed by atoms with E-state index in [4.69, 9.17) is 10.2 Å². The van der Waals surface area contributed by atoms with Crippen LogP contribution in [0.15, 0.2) is 12.2 Å². The molecule has 0 spiro atoms. The number of hydrogen-bond acceptors (Lipinski definition) is 2. The van der Waals surface area contributed by atoms with Crippen LogP contribution in [0, 0.1) is 0 Å². The van der Waals surface area contributed by atoms with Crippen molar-refractivity contribution in [3.05, 3.63) is 12.2 Å². The number of aliphatic hydroxyl groups excluding tert-OH is 1. The minimum Gasteiger partial charge on any atom is -0.481 e. The van der Waals surface area contributed by atoms with E-state index >= 15 is 0 Å². The number of carboxylic acid groups (broad SMARTS) is 1. The van der Waals surface area contributed by atoms with Crippen molar-refractivity contribution in [3.8, 4) is 0 Å². The summed E-state index contributed by atoms with van der Waals surface area (Å²) in [4.78, 5) is 9.91. The zero-order chi connectivity index (χ0) is 7.44. The van der Waals surface area contributed by atoms with Gasteiger partial charge in [0.2, 0.25) is 0 Å². The molecule has 0 aromatic carbocycles. The first kappa shape index (κ1) is 8.17. The minimum atomic E-state index is -1.01. The quantitative estimate of drug-likeness (QED) is 0.543. The van der Waals surface area contributed by atoms with Gasteiger partial charge < -0.3 is 10.2 Å². The fourth-order valence-electron chi connectivity index (χ4n) is 0.340. The summed E-state index contributed by atoms with van der Waals surface area (Å²) in [5.74, 6) is -1.01. The van der Waals surface area contributed by atoms with Gasteiger partial charge in [-0.15, -0.1) is 0 Å². The van der Waals surface area contributed by atoms with Crippen LogP contribution in [0.3, 0.4) is 0 Å². The van der Waals surface area contributed by atoms with E-state index in [0.29, 0.717) is 5.57 Å². The molecule has 0 aliphatic rings. The van der Waals surface area contributed by atoms with Crippen LogP contribution in [0.2, 0.25) is 0 Å². The molecule has 3 heteroatoms. The van der Waals surface area contributed by atoms with Crippen molar-refractivity contribution in [2.45, 2.75) is 19.4 Å². The molecule has 0 aliphatic carbocycles. The second-order valence-corrected chi connectivity index (χ2v) is 1.96. The number of carbonyl (C=O) groups is 1. The van der Waals surface area contributed by atoms with Gasteiger partial charge in [-0.25, -0.2) is 0 Å². The number of aliphatic hydroxyl groups is 1. The summed E-state index contributed by atoms with van der Waals surface area (Å²) in [6.45, 7) is 4.99. The van der Waals surface area contributed by atoms with Gasteiger partial charge >= 0.3 is 5.97 Å². The summed E-state index contributed by atoms with van der Waals surface area (Å²) in [6, 6.07) is 0. The van der Waals surface area contributed by atoms with Crippen LogP contribution in [0.25, 0.3) is 0 Å². The molecule has 0 aliphatic heterocycles. The Morgan fingerprint density at radius 3 is 2.33 bits per heavy atom. The van der Waals surface area contributed by atoms with Gasteiger partial charge in [0, 0.05) is 0 Å². The summed E-state index contributed by atoms with van der Waals surface area (Å²) >= 11 is 0. The van der Waals surface area contributed by atoms with Gasteiger partial charge in [-0.05, 0) is 6.92 Å². The second kappa shape index (κ2) is 3.25. The number of aliphatic carboxylic acids is 1. The zero-order valence-electron chi connectivity index (χ0n) is 5.29. The third-order valence-corrected chi connectivity index (χ3v) is 0.937. The highest BCUT2D eigenvalue weighted by Gasteiger charge is 2.08. The second-order valence-electron chi connectivity index (χ2n) is 1.96. The van der Waals surface area contributed by atoms with Gasteiger partial charge in [0.15, 0.2) is 0 Å². The molecule has 0 saturated heterocycles. The molecule has 52 valence electrons. The summed E-state index contributed by atoms with van der Waals surface area (Å²) in [7, 11) is 0. The normalized spacial score (nSPS) is 12.7. The molecule has 0 radical (unpaired) electrons. The molecule has 0 aromatic rings. The van der Waals surface area contributed by atoms with Crippen LogP contribution in [-0.4, -0.2) is 22.3 Å². The predicted octanol–water partition coefficient (Wildman–Crippen LogP) is 0.398. The summed E-state index contributed by atoms with van der Waals surface area (Å²) in [5.41, 5.74) is 0.484. The summed E-state index contributed by atoms with van der Waals surface area (Å²) < 4.78 is 0. The van der Waals surface area contributed by atoms with Crippen molar-refractivity contribution in [1.82, 2.24) is 0 Å². The lowest BCUT2D eigenvalue weighted by Crippen LogP contribution is -2.12. The molecular weight excluding hydrogens is 120 g/mol. The van der Waals surface area contributed by atoms with Crippen molar-refractivity contribution in [2.24, 2.45) is 0 Å². The molecular formula is C6H10O3. The van der Waals surface area contributed by atoms with Crippen molar-refractivity contribution in [2.75, 3.05) is 0 Å². The van der Waals surface area contributed by atoms with Crippen LogP contribution in [0.1, 0.15) is 13.3 Å². The minimum absolute atomic E-state index is 0.255. The Morgan fingerprint density at radius 2 is 2.22 bits per heavy atom. The van der Waals surface area contributed by atoms with Gasteiger partial charge in [-0.3, -0.25) is 4.79 Å². The monoisotopic (exact) mass is 130 g/mol. The van der Waals surface area contributed by atoms with E-state index in [1.54, 1.807) is 6.92 Å². The van der Waals surface area contributed by atoms with Crippen molar-refractivity contribution in [1.29, 1.82) is 0 Å². The molecule has 1 atom stereocenters. The van der Waals surface area contributed by atoms with E-state index in [-0.39, 0.29) is 6.42 Å². The van der Waals surface area contributed by atoms with Gasteiger partial charge in [-0.2, -0.15) is 0 Å². The highest BCUT2D eigenvalue weighted by atomic mass is 16.4. The van der Waals surface area contributed by atoms with Crippen molar-refractivity contribution >= 4 is 5.97 Å². The third-order valence-electron chi connectivity index (χ3n) is 0.937. The molecule has 0 unspecified atom stereocenters. The van der Waals surface area contributed by atoms with E-state index in [0.717, 1.165) is 0 Å². The van der Waals surface area contributed by atoms with Gasteiger partial charge in [-0.1, -0.05) is 12.2 Å². The number of rotatable bonds is 3. The first-order valence-corrected chi connectivity index (χ1v) is 2.59. The van der Waals surface area contributed by atoms with Crippen LogP contribution in [-0.2, 0) is 4.79 Å². The maximum absolute atomic E-state index is 9.91. The predicted molar refractivity (Wildman–Crippen MR) is 33.1 cm³/mol. The first-order valence-electron chi connectivity index (χ1n) is 2.59. The lowest BCUT2D eigenvalue weighted by Gasteiger charge is -2.04.